The molecule has 0 unspecified atom stereocenters. The van der Waals surface area contributed by atoms with E-state index in [9.17, 15) is 4.79 Å². The molecular weight excluding hydrogens is 124 g/mol. The zero-order chi connectivity index (χ0) is 7.28. The number of nitrogens with zero attached hydrogens (tertiary/aromatic N) is 2. The molecule has 6 nitrogen and oxygen atoms in total. The van der Waals surface area contributed by atoms with Crippen LogP contribution in [0.1, 0.15) is 0 Å². The monoisotopic (exact) mass is 130 g/mol. The van der Waals surface area contributed by atoms with Gasteiger partial charge in [0.2, 0.25) is 5.96 Å². The number of nitrogens with two attached hydrogens (primary N) is 2. The molecule has 0 fully saturated rings. The highest BCUT2D eigenvalue weighted by Gasteiger charge is 1.83. The van der Waals surface area contributed by atoms with Crippen molar-refractivity contribution >= 4 is 18.1 Å². The van der Waals surface area contributed by atoms with Crippen molar-refractivity contribution in [2.45, 2.75) is 0 Å². The second-order valence-corrected chi connectivity index (χ2v) is 1.11. The van der Waals surface area contributed by atoms with Crippen LogP contribution < -0.4 is 11.5 Å². The number of carboxylic acid groups (broad SMARTS) is 1. The van der Waals surface area contributed by atoms with E-state index >= 15 is 0 Å². The largest absolute Gasteiger partial charge is 0.477 e. The molecular formula is C3H6N4O2. The maximum Gasteiger partial charge on any atom is 0.348 e. The van der Waals surface area contributed by atoms with E-state index in [4.69, 9.17) is 16.6 Å². The molecule has 0 aromatic heterocycles. The van der Waals surface area contributed by atoms with Gasteiger partial charge in [-0.1, -0.05) is 0 Å². The fourth-order valence-corrected chi connectivity index (χ4v) is 0.145. The molecule has 0 rings (SSSR count). The molecule has 0 spiro atoms. The van der Waals surface area contributed by atoms with Crippen LogP contribution in [0.3, 0.4) is 0 Å². The molecule has 0 aromatic rings. The minimum atomic E-state index is -1.19. The van der Waals surface area contributed by atoms with Gasteiger partial charge in [0.05, 0.1) is 0 Å². The Bertz CT molecular complexity index is 157. The Morgan fingerprint density at radius 2 is 2.11 bits per heavy atom. The summed E-state index contributed by atoms with van der Waals surface area (Å²) >= 11 is 0. The zero-order valence-electron chi connectivity index (χ0n) is 4.48. The Morgan fingerprint density at radius 3 is 2.44 bits per heavy atom. The van der Waals surface area contributed by atoms with E-state index in [1.165, 1.54) is 0 Å². The van der Waals surface area contributed by atoms with Crippen molar-refractivity contribution in [3.05, 3.63) is 0 Å². The number of guanidine groups is 1. The van der Waals surface area contributed by atoms with Gasteiger partial charge in [0, 0.05) is 0 Å². The molecule has 50 valence electrons. The Hall–Kier alpha value is -1.59. The van der Waals surface area contributed by atoms with Crippen LogP contribution in [0.5, 0.6) is 0 Å². The zero-order valence-corrected chi connectivity index (χ0v) is 4.48. The van der Waals surface area contributed by atoms with Crippen LogP contribution in [0.2, 0.25) is 0 Å². The molecule has 0 heterocycles. The van der Waals surface area contributed by atoms with Crippen molar-refractivity contribution in [1.82, 2.24) is 0 Å². The third kappa shape index (κ3) is 6.41. The molecule has 0 aliphatic heterocycles. The molecule has 6 heteroatoms. The van der Waals surface area contributed by atoms with E-state index < -0.39 is 5.97 Å². The van der Waals surface area contributed by atoms with E-state index in [0.717, 1.165) is 0 Å². The molecule has 0 atom stereocenters. The second-order valence-electron chi connectivity index (χ2n) is 1.11. The highest BCUT2D eigenvalue weighted by molar-refractivity contribution is 6.22. The number of rotatable bonds is 2. The molecule has 9 heavy (non-hydrogen) atoms. The van der Waals surface area contributed by atoms with Crippen LogP contribution >= 0.6 is 0 Å². The highest BCUT2D eigenvalue weighted by Crippen LogP contribution is 1.65. The van der Waals surface area contributed by atoms with Crippen LogP contribution in [-0.4, -0.2) is 23.2 Å². The lowest BCUT2D eigenvalue weighted by Gasteiger charge is -1.80. The number of carboxylic acids is 1. The molecule has 0 aliphatic carbocycles. The van der Waals surface area contributed by atoms with E-state index in [0.29, 0.717) is 6.21 Å². The summed E-state index contributed by atoms with van der Waals surface area (Å²) in [7, 11) is 0. The lowest BCUT2D eigenvalue weighted by Crippen LogP contribution is -2.21. The fraction of sp³-hybridized carbons (Fsp3) is 0. The van der Waals surface area contributed by atoms with Gasteiger partial charge in [0.25, 0.3) is 0 Å². The summed E-state index contributed by atoms with van der Waals surface area (Å²) in [5.74, 6) is -1.47. The Kier molecular flexibility index (Phi) is 2.81. The van der Waals surface area contributed by atoms with Crippen LogP contribution in [0.4, 0.5) is 0 Å². The normalized spacial score (nSPS) is 9.33. The molecule has 0 bridgehead atoms. The summed E-state index contributed by atoms with van der Waals surface area (Å²) in [6, 6.07) is 0. The van der Waals surface area contributed by atoms with Crippen LogP contribution in [-0.2, 0) is 4.79 Å². The molecule has 0 saturated carbocycles. The first-order valence-corrected chi connectivity index (χ1v) is 1.98. The molecule has 5 N–H and O–H groups in total. The van der Waals surface area contributed by atoms with Crippen molar-refractivity contribution < 1.29 is 9.90 Å². The summed E-state index contributed by atoms with van der Waals surface area (Å²) in [5.41, 5.74) is 9.60. The van der Waals surface area contributed by atoms with E-state index in [-0.39, 0.29) is 5.96 Å². The summed E-state index contributed by atoms with van der Waals surface area (Å²) < 4.78 is 0. The number of carbonyl (C=O) groups is 1. The highest BCUT2D eigenvalue weighted by atomic mass is 16.4. The Labute approximate surface area is 50.9 Å². The van der Waals surface area contributed by atoms with Gasteiger partial charge < -0.3 is 16.6 Å². The number of hydrogen-bond acceptors (Lipinski definition) is 3. The smallest absolute Gasteiger partial charge is 0.348 e. The Morgan fingerprint density at radius 1 is 1.56 bits per heavy atom. The van der Waals surface area contributed by atoms with E-state index in [2.05, 4.69) is 10.2 Å². The van der Waals surface area contributed by atoms with Gasteiger partial charge in [-0.2, -0.15) is 0 Å². The number of hydrogen-bond donors (Lipinski definition) is 3. The van der Waals surface area contributed by atoms with E-state index in [1.807, 2.05) is 0 Å². The van der Waals surface area contributed by atoms with E-state index in [1.54, 1.807) is 0 Å². The SMILES string of the molecule is NC(N)=N/N=C\C(=O)O. The van der Waals surface area contributed by atoms with Gasteiger partial charge in [-0.15, -0.1) is 10.2 Å². The Balaban J connectivity index is 3.74. The van der Waals surface area contributed by atoms with Crippen LogP contribution in [0.15, 0.2) is 10.2 Å². The standard InChI is InChI=1S/C3H6N4O2/c4-3(5)7-6-1-2(8)9/h1H,(H,8,9)(H4,4,5,7)/b6-1-. The molecule has 0 aliphatic rings. The predicted octanol–water partition coefficient (Wildman–Crippen LogP) is -1.67. The van der Waals surface area contributed by atoms with Crippen molar-refractivity contribution in [2.24, 2.45) is 21.7 Å². The second kappa shape index (κ2) is 3.42. The third-order valence-corrected chi connectivity index (χ3v) is 0.341. The van der Waals surface area contributed by atoms with Crippen molar-refractivity contribution in [2.75, 3.05) is 0 Å². The summed E-state index contributed by atoms with van der Waals surface area (Å²) in [5, 5.41) is 13.9. The van der Waals surface area contributed by atoms with Gasteiger partial charge in [0.1, 0.15) is 6.21 Å². The van der Waals surface area contributed by atoms with Gasteiger partial charge in [-0.25, -0.2) is 4.79 Å². The maximum atomic E-state index is 9.68. The van der Waals surface area contributed by atoms with Gasteiger partial charge >= 0.3 is 5.97 Å². The molecule has 0 aromatic carbocycles. The topological polar surface area (TPSA) is 114 Å². The summed E-state index contributed by atoms with van der Waals surface area (Å²) in [4.78, 5) is 9.68. The first-order valence-electron chi connectivity index (χ1n) is 1.98. The minimum absolute atomic E-state index is 0.271. The van der Waals surface area contributed by atoms with Crippen molar-refractivity contribution in [1.29, 1.82) is 0 Å². The van der Waals surface area contributed by atoms with Crippen LogP contribution in [0, 0.1) is 0 Å². The number of aliphatic carboxylic acids is 1. The molecule has 0 saturated heterocycles. The van der Waals surface area contributed by atoms with Crippen molar-refractivity contribution in [3.8, 4) is 0 Å². The lowest BCUT2D eigenvalue weighted by atomic mass is 10.8. The molecule has 0 radical (unpaired) electrons. The van der Waals surface area contributed by atoms with Gasteiger partial charge in [0.15, 0.2) is 0 Å². The molecule has 0 amide bonds. The average Bonchev–Trinajstić information content (AvgIpc) is 1.63. The minimum Gasteiger partial charge on any atom is -0.477 e. The van der Waals surface area contributed by atoms with Gasteiger partial charge in [-0.05, 0) is 0 Å². The maximum absolute atomic E-state index is 9.68. The predicted molar refractivity (Wildman–Crippen MR) is 31.9 cm³/mol. The fourth-order valence-electron chi connectivity index (χ4n) is 0.145. The van der Waals surface area contributed by atoms with Crippen molar-refractivity contribution in [3.63, 3.8) is 0 Å². The average molecular weight is 130 g/mol. The first-order chi connectivity index (χ1) is 4.13. The quantitative estimate of drug-likeness (QED) is 0.235. The third-order valence-electron chi connectivity index (χ3n) is 0.341. The van der Waals surface area contributed by atoms with Crippen LogP contribution in [0.25, 0.3) is 0 Å². The first kappa shape index (κ1) is 7.41. The summed E-state index contributed by atoms with van der Waals surface area (Å²) in [6.07, 6.45) is 0.583. The summed E-state index contributed by atoms with van der Waals surface area (Å²) in [6.45, 7) is 0. The van der Waals surface area contributed by atoms with Gasteiger partial charge in [-0.3, -0.25) is 0 Å². The lowest BCUT2D eigenvalue weighted by molar-refractivity contribution is -0.128.